The minimum Gasteiger partial charge on any atom is -0.272 e. The lowest BCUT2D eigenvalue weighted by atomic mass is 9.95. The summed E-state index contributed by atoms with van der Waals surface area (Å²) in [7, 11) is 0. The van der Waals surface area contributed by atoms with Gasteiger partial charge in [-0.05, 0) is 32.0 Å². The van der Waals surface area contributed by atoms with Gasteiger partial charge < -0.3 is 0 Å². The molecule has 1 fully saturated rings. The first-order chi connectivity index (χ1) is 12.9. The van der Waals surface area contributed by atoms with Crippen molar-refractivity contribution in [2.24, 2.45) is 5.41 Å². The van der Waals surface area contributed by atoms with Gasteiger partial charge in [-0.25, -0.2) is 9.45 Å². The molecule has 0 aliphatic carbocycles. The average molecular weight is 437 g/mol. The third kappa shape index (κ3) is 3.94. The lowest BCUT2D eigenvalue weighted by Crippen LogP contribution is -2.30. The predicted molar refractivity (Wildman–Crippen MR) is 94.9 cm³/mol. The topological polar surface area (TPSA) is 42.4 Å². The maximum absolute atomic E-state index is 14.4. The van der Waals surface area contributed by atoms with Gasteiger partial charge in [-0.1, -0.05) is 23.2 Å². The zero-order valence-corrected chi connectivity index (χ0v) is 16.2. The number of rotatable bonds is 3. The standard InChI is InChI=1S/C18H14Cl2F4N2O2/c1-17(2)8-28-26(16(17)27)7-9-3-11(12(19)5-14(9)21)15-13(20)4-10(6-25-15)18(22,23)24/h3-6H,7-8H2,1-2H3. The Kier molecular flexibility index (Phi) is 5.33. The Labute approximate surface area is 168 Å². The first-order valence-corrected chi connectivity index (χ1v) is 8.81. The number of alkyl halides is 3. The number of halogens is 6. The Morgan fingerprint density at radius 2 is 1.89 bits per heavy atom. The highest BCUT2D eigenvalue weighted by molar-refractivity contribution is 6.36. The van der Waals surface area contributed by atoms with Crippen LogP contribution in [-0.4, -0.2) is 22.6 Å². The summed E-state index contributed by atoms with van der Waals surface area (Å²) in [6.07, 6.45) is -3.98. The van der Waals surface area contributed by atoms with Crippen molar-refractivity contribution < 1.29 is 27.2 Å². The van der Waals surface area contributed by atoms with Gasteiger partial charge in [0.05, 0.1) is 39.9 Å². The minimum absolute atomic E-state index is 0.0325. The fourth-order valence-electron chi connectivity index (χ4n) is 2.66. The Morgan fingerprint density at radius 3 is 2.43 bits per heavy atom. The zero-order valence-electron chi connectivity index (χ0n) is 14.7. The molecule has 0 unspecified atom stereocenters. The van der Waals surface area contributed by atoms with Crippen molar-refractivity contribution >= 4 is 29.1 Å². The molecule has 3 rings (SSSR count). The molecule has 2 aromatic rings. The van der Waals surface area contributed by atoms with E-state index in [0.717, 1.165) is 17.2 Å². The Hall–Kier alpha value is -1.90. The fourth-order valence-corrected chi connectivity index (χ4v) is 3.16. The summed E-state index contributed by atoms with van der Waals surface area (Å²) < 4.78 is 52.8. The molecule has 28 heavy (non-hydrogen) atoms. The van der Waals surface area contributed by atoms with Crippen molar-refractivity contribution in [3.8, 4) is 11.3 Å². The number of nitrogens with zero attached hydrogens (tertiary/aromatic N) is 2. The molecule has 1 aliphatic heterocycles. The normalized spacial score (nSPS) is 16.7. The van der Waals surface area contributed by atoms with Gasteiger partial charge in [-0.15, -0.1) is 0 Å². The molecule has 4 nitrogen and oxygen atoms in total. The monoisotopic (exact) mass is 436 g/mol. The van der Waals surface area contributed by atoms with E-state index in [1.54, 1.807) is 13.8 Å². The van der Waals surface area contributed by atoms with Gasteiger partial charge in [-0.2, -0.15) is 13.2 Å². The molecule has 1 aromatic heterocycles. The molecular formula is C18H14Cl2F4N2O2. The summed E-state index contributed by atoms with van der Waals surface area (Å²) in [4.78, 5) is 21.3. The highest BCUT2D eigenvalue weighted by Crippen LogP contribution is 2.38. The number of amides is 1. The van der Waals surface area contributed by atoms with Crippen LogP contribution in [0.4, 0.5) is 17.6 Å². The van der Waals surface area contributed by atoms with Gasteiger partial charge in [0.1, 0.15) is 5.82 Å². The number of benzene rings is 1. The molecule has 2 heterocycles. The van der Waals surface area contributed by atoms with Crippen molar-refractivity contribution in [2.45, 2.75) is 26.6 Å². The van der Waals surface area contributed by atoms with E-state index in [9.17, 15) is 22.4 Å². The van der Waals surface area contributed by atoms with E-state index in [1.807, 2.05) is 0 Å². The van der Waals surface area contributed by atoms with Crippen molar-refractivity contribution in [3.05, 3.63) is 51.4 Å². The van der Waals surface area contributed by atoms with Crippen LogP contribution in [0.15, 0.2) is 24.4 Å². The smallest absolute Gasteiger partial charge is 0.272 e. The average Bonchev–Trinajstić information content (AvgIpc) is 2.83. The highest BCUT2D eigenvalue weighted by atomic mass is 35.5. The van der Waals surface area contributed by atoms with Gasteiger partial charge in [0.25, 0.3) is 5.91 Å². The molecule has 1 aliphatic rings. The molecule has 0 radical (unpaired) electrons. The van der Waals surface area contributed by atoms with E-state index in [2.05, 4.69) is 4.98 Å². The number of hydroxylamine groups is 2. The molecule has 1 saturated heterocycles. The highest BCUT2D eigenvalue weighted by Gasteiger charge is 2.40. The molecule has 10 heteroatoms. The lowest BCUT2D eigenvalue weighted by molar-refractivity contribution is -0.165. The van der Waals surface area contributed by atoms with Crippen LogP contribution in [0.3, 0.4) is 0 Å². The summed E-state index contributed by atoms with van der Waals surface area (Å²) in [5, 5.41) is 0.672. The summed E-state index contributed by atoms with van der Waals surface area (Å²) in [5.41, 5.74) is -1.58. The zero-order chi connectivity index (χ0) is 20.9. The first-order valence-electron chi connectivity index (χ1n) is 8.06. The van der Waals surface area contributed by atoms with Crippen molar-refractivity contribution in [1.29, 1.82) is 0 Å². The number of hydrogen-bond donors (Lipinski definition) is 0. The molecule has 1 amide bonds. The molecule has 0 atom stereocenters. The molecule has 1 aromatic carbocycles. The number of aromatic nitrogens is 1. The van der Waals surface area contributed by atoms with Gasteiger partial charge >= 0.3 is 6.18 Å². The summed E-state index contributed by atoms with van der Waals surface area (Å²) in [6.45, 7) is 3.35. The van der Waals surface area contributed by atoms with Crippen LogP contribution in [0.25, 0.3) is 11.3 Å². The fraction of sp³-hybridized carbons (Fsp3) is 0.333. The van der Waals surface area contributed by atoms with Crippen LogP contribution in [0.5, 0.6) is 0 Å². The number of carbonyl (C=O) groups excluding carboxylic acids is 1. The number of hydrogen-bond acceptors (Lipinski definition) is 3. The third-order valence-corrected chi connectivity index (χ3v) is 4.86. The van der Waals surface area contributed by atoms with Crippen molar-refractivity contribution in [1.82, 2.24) is 10.0 Å². The summed E-state index contributed by atoms with van der Waals surface area (Å²) in [6, 6.07) is 3.01. The molecule has 150 valence electrons. The quantitative estimate of drug-likeness (QED) is 0.595. The van der Waals surface area contributed by atoms with Crippen LogP contribution in [0.1, 0.15) is 25.0 Å². The van der Waals surface area contributed by atoms with Gasteiger partial charge in [-0.3, -0.25) is 14.6 Å². The van der Waals surface area contributed by atoms with E-state index in [4.69, 9.17) is 28.0 Å². The molecule has 0 saturated carbocycles. The minimum atomic E-state index is -4.60. The number of pyridine rings is 1. The number of carbonyl (C=O) groups is 1. The SMILES string of the molecule is CC1(C)CON(Cc2cc(-c3ncc(C(F)(F)F)cc3Cl)c(Cl)cc2F)C1=O. The molecule has 0 bridgehead atoms. The predicted octanol–water partition coefficient (Wildman–Crippen LogP) is 5.51. The summed E-state index contributed by atoms with van der Waals surface area (Å²) in [5.74, 6) is -1.01. The second-order valence-corrected chi connectivity index (χ2v) is 7.79. The van der Waals surface area contributed by atoms with Gasteiger partial charge in [0.15, 0.2) is 0 Å². The first kappa shape index (κ1) is 20.8. The maximum atomic E-state index is 14.4. The molecular weight excluding hydrogens is 423 g/mol. The van der Waals surface area contributed by atoms with Gasteiger partial charge in [0, 0.05) is 17.3 Å². The Balaban J connectivity index is 1.98. The van der Waals surface area contributed by atoms with Crippen molar-refractivity contribution in [2.75, 3.05) is 6.61 Å². The third-order valence-electron chi connectivity index (χ3n) is 4.26. The van der Waals surface area contributed by atoms with Crippen LogP contribution < -0.4 is 0 Å². The molecule has 0 spiro atoms. The Morgan fingerprint density at radius 1 is 1.21 bits per heavy atom. The largest absolute Gasteiger partial charge is 0.417 e. The van der Waals surface area contributed by atoms with E-state index < -0.39 is 23.0 Å². The van der Waals surface area contributed by atoms with Crippen LogP contribution in [0, 0.1) is 11.2 Å². The second-order valence-electron chi connectivity index (χ2n) is 6.97. The van der Waals surface area contributed by atoms with Gasteiger partial charge in [0.2, 0.25) is 0 Å². The lowest BCUT2D eigenvalue weighted by Gasteiger charge is -2.18. The van der Waals surface area contributed by atoms with Crippen LogP contribution in [0.2, 0.25) is 10.0 Å². The molecule has 0 N–H and O–H groups in total. The van der Waals surface area contributed by atoms with E-state index in [1.165, 1.54) is 6.07 Å². The van der Waals surface area contributed by atoms with Crippen LogP contribution >= 0.6 is 23.2 Å². The summed E-state index contributed by atoms with van der Waals surface area (Å²) >= 11 is 12.0. The van der Waals surface area contributed by atoms with E-state index in [0.29, 0.717) is 6.20 Å². The Bertz CT molecular complexity index is 948. The van der Waals surface area contributed by atoms with E-state index >= 15 is 0 Å². The van der Waals surface area contributed by atoms with Crippen LogP contribution in [-0.2, 0) is 22.4 Å². The van der Waals surface area contributed by atoms with E-state index in [-0.39, 0.29) is 45.9 Å². The second kappa shape index (κ2) is 7.17. The maximum Gasteiger partial charge on any atom is 0.417 e. The van der Waals surface area contributed by atoms with Crippen molar-refractivity contribution in [3.63, 3.8) is 0 Å².